The van der Waals surface area contributed by atoms with Gasteiger partial charge in [-0.25, -0.2) is 4.99 Å². The first kappa shape index (κ1) is 12.4. The Morgan fingerprint density at radius 1 is 0.900 bits per heavy atom. The summed E-state index contributed by atoms with van der Waals surface area (Å²) in [5.41, 5.74) is 16.9. The topological polar surface area (TPSA) is 103 Å². The fourth-order valence-corrected chi connectivity index (χ4v) is 3.21. The van der Waals surface area contributed by atoms with Gasteiger partial charge in [-0.15, -0.1) is 11.3 Å². The second-order valence-electron chi connectivity index (χ2n) is 4.29. The molecule has 0 aliphatic heterocycles. The molecule has 0 saturated heterocycles. The first-order chi connectivity index (χ1) is 9.63. The van der Waals surface area contributed by atoms with Crippen LogP contribution in [0.1, 0.15) is 0 Å². The van der Waals surface area contributed by atoms with Crippen molar-refractivity contribution in [2.45, 2.75) is 0 Å². The van der Waals surface area contributed by atoms with Crippen LogP contribution >= 0.6 is 11.3 Å². The molecule has 100 valence electrons. The van der Waals surface area contributed by atoms with E-state index in [0.29, 0.717) is 0 Å². The normalized spacial score (nSPS) is 11.9. The summed E-state index contributed by atoms with van der Waals surface area (Å²) >= 11 is 1.72. The summed E-state index contributed by atoms with van der Waals surface area (Å²) in [6.07, 6.45) is 0. The number of nitrogens with two attached hydrogens (primary N) is 3. The monoisotopic (exact) mass is 283 g/mol. The molecule has 1 aromatic heterocycles. The Kier molecular flexibility index (Phi) is 3.00. The number of benzene rings is 2. The van der Waals surface area contributed by atoms with Gasteiger partial charge in [-0.1, -0.05) is 24.3 Å². The standard InChI is InChI=1S/C14H13N5S/c15-13(16)19-14(17)18-8-5-6-10-9-3-1-2-4-11(9)20-12(10)7-8/h1-7H,(H6,15,16,17,18,19). The smallest absolute Gasteiger partial charge is 0.223 e. The van der Waals surface area contributed by atoms with Gasteiger partial charge >= 0.3 is 0 Å². The van der Waals surface area contributed by atoms with Gasteiger partial charge in [0.25, 0.3) is 0 Å². The Morgan fingerprint density at radius 3 is 2.45 bits per heavy atom. The zero-order valence-electron chi connectivity index (χ0n) is 10.6. The maximum Gasteiger partial charge on any atom is 0.223 e. The predicted molar refractivity (Wildman–Crippen MR) is 86.4 cm³/mol. The maximum atomic E-state index is 5.63. The van der Waals surface area contributed by atoms with Crippen molar-refractivity contribution in [2.24, 2.45) is 27.2 Å². The van der Waals surface area contributed by atoms with Crippen LogP contribution < -0.4 is 17.2 Å². The molecule has 0 aliphatic rings. The van der Waals surface area contributed by atoms with Crippen molar-refractivity contribution in [3.05, 3.63) is 42.5 Å². The van der Waals surface area contributed by atoms with E-state index in [4.69, 9.17) is 17.2 Å². The van der Waals surface area contributed by atoms with Gasteiger partial charge in [-0.2, -0.15) is 4.99 Å². The van der Waals surface area contributed by atoms with Crippen molar-refractivity contribution in [1.82, 2.24) is 0 Å². The molecule has 0 fully saturated rings. The summed E-state index contributed by atoms with van der Waals surface area (Å²) < 4.78 is 2.41. The second-order valence-corrected chi connectivity index (χ2v) is 5.37. The summed E-state index contributed by atoms with van der Waals surface area (Å²) in [5, 5.41) is 2.46. The van der Waals surface area contributed by atoms with E-state index in [1.807, 2.05) is 30.3 Å². The van der Waals surface area contributed by atoms with Crippen LogP contribution in [0.15, 0.2) is 52.4 Å². The second kappa shape index (κ2) is 4.82. The zero-order valence-corrected chi connectivity index (χ0v) is 11.4. The number of rotatable bonds is 1. The number of aliphatic imine (C=N–C) groups is 2. The van der Waals surface area contributed by atoms with Crippen LogP contribution in [-0.2, 0) is 0 Å². The average Bonchev–Trinajstić information content (AvgIpc) is 2.75. The molecule has 6 N–H and O–H groups in total. The number of hydrogen-bond donors (Lipinski definition) is 3. The lowest BCUT2D eigenvalue weighted by Crippen LogP contribution is -2.26. The third kappa shape index (κ3) is 2.28. The van der Waals surface area contributed by atoms with Crippen molar-refractivity contribution < 1.29 is 0 Å². The van der Waals surface area contributed by atoms with Crippen LogP contribution in [0.5, 0.6) is 0 Å². The van der Waals surface area contributed by atoms with Crippen LogP contribution in [0.4, 0.5) is 5.69 Å². The van der Waals surface area contributed by atoms with Gasteiger partial charge in [0.1, 0.15) is 0 Å². The van der Waals surface area contributed by atoms with Crippen molar-refractivity contribution in [1.29, 1.82) is 0 Å². The van der Waals surface area contributed by atoms with E-state index < -0.39 is 0 Å². The van der Waals surface area contributed by atoms with E-state index in [2.05, 4.69) is 22.1 Å². The molecule has 6 heteroatoms. The molecule has 0 saturated carbocycles. The number of fused-ring (bicyclic) bond motifs is 3. The largest absolute Gasteiger partial charge is 0.370 e. The third-order valence-electron chi connectivity index (χ3n) is 2.85. The Hall–Kier alpha value is -2.60. The van der Waals surface area contributed by atoms with Crippen molar-refractivity contribution in [3.8, 4) is 0 Å². The first-order valence-corrected chi connectivity index (χ1v) is 6.80. The Labute approximate surface area is 119 Å². The van der Waals surface area contributed by atoms with E-state index in [0.717, 1.165) is 10.4 Å². The SMILES string of the molecule is NC(N)=NC(N)=Nc1ccc2c(c1)sc1ccccc12. The Bertz CT molecular complexity index is 843. The molecule has 0 bridgehead atoms. The highest BCUT2D eigenvalue weighted by atomic mass is 32.1. The predicted octanol–water partition coefficient (Wildman–Crippen LogP) is 2.27. The number of hydrogen-bond acceptors (Lipinski definition) is 2. The third-order valence-corrected chi connectivity index (χ3v) is 3.98. The molecule has 3 aromatic rings. The molecule has 0 radical (unpaired) electrons. The molecule has 2 aromatic carbocycles. The van der Waals surface area contributed by atoms with Gasteiger partial charge in [0.15, 0.2) is 5.96 Å². The molecule has 0 aliphatic carbocycles. The quantitative estimate of drug-likeness (QED) is 0.471. The minimum absolute atomic E-state index is 0.0467. The van der Waals surface area contributed by atoms with Crippen molar-refractivity contribution in [2.75, 3.05) is 0 Å². The van der Waals surface area contributed by atoms with Crippen molar-refractivity contribution in [3.63, 3.8) is 0 Å². The fraction of sp³-hybridized carbons (Fsp3) is 0. The number of thiophene rings is 1. The summed E-state index contributed by atoms with van der Waals surface area (Å²) in [4.78, 5) is 7.87. The molecule has 0 atom stereocenters. The summed E-state index contributed by atoms with van der Waals surface area (Å²) in [6.45, 7) is 0. The highest BCUT2D eigenvalue weighted by Gasteiger charge is 2.04. The Balaban J connectivity index is 2.12. The molecule has 3 rings (SSSR count). The van der Waals surface area contributed by atoms with Crippen LogP contribution in [0.3, 0.4) is 0 Å². The van der Waals surface area contributed by atoms with Gasteiger partial charge in [0, 0.05) is 20.2 Å². The van der Waals surface area contributed by atoms with E-state index in [9.17, 15) is 0 Å². The summed E-state index contributed by atoms with van der Waals surface area (Å²) in [6, 6.07) is 14.2. The number of guanidine groups is 2. The van der Waals surface area contributed by atoms with Crippen LogP contribution in [0.25, 0.3) is 20.2 Å². The van der Waals surface area contributed by atoms with E-state index >= 15 is 0 Å². The van der Waals surface area contributed by atoms with Gasteiger partial charge in [-0.3, -0.25) is 0 Å². The average molecular weight is 283 g/mol. The molecule has 0 spiro atoms. The summed E-state index contributed by atoms with van der Waals surface area (Å²) in [5.74, 6) is -0.0559. The first-order valence-electron chi connectivity index (χ1n) is 5.98. The molecule has 0 unspecified atom stereocenters. The lowest BCUT2D eigenvalue weighted by Gasteiger charge is -1.97. The molecule has 0 amide bonds. The lowest BCUT2D eigenvalue weighted by molar-refractivity contribution is 1.39. The van der Waals surface area contributed by atoms with E-state index in [-0.39, 0.29) is 11.9 Å². The van der Waals surface area contributed by atoms with Crippen LogP contribution in [0.2, 0.25) is 0 Å². The van der Waals surface area contributed by atoms with Gasteiger partial charge < -0.3 is 17.2 Å². The fourth-order valence-electron chi connectivity index (χ4n) is 2.07. The molecule has 20 heavy (non-hydrogen) atoms. The minimum Gasteiger partial charge on any atom is -0.370 e. The molecular formula is C14H13N5S. The molecular weight excluding hydrogens is 270 g/mol. The zero-order chi connectivity index (χ0) is 14.1. The van der Waals surface area contributed by atoms with Crippen molar-refractivity contribution >= 4 is 49.1 Å². The maximum absolute atomic E-state index is 5.63. The lowest BCUT2D eigenvalue weighted by atomic mass is 10.1. The molecule has 5 nitrogen and oxygen atoms in total. The van der Waals surface area contributed by atoms with Crippen LogP contribution in [-0.4, -0.2) is 11.9 Å². The van der Waals surface area contributed by atoms with Gasteiger partial charge in [0.2, 0.25) is 5.96 Å². The number of nitrogens with zero attached hydrogens (tertiary/aromatic N) is 2. The van der Waals surface area contributed by atoms with Gasteiger partial charge in [0.05, 0.1) is 5.69 Å². The molecule has 1 heterocycles. The highest BCUT2D eigenvalue weighted by molar-refractivity contribution is 7.25. The minimum atomic E-state index is -0.103. The van der Waals surface area contributed by atoms with E-state index in [1.54, 1.807) is 11.3 Å². The van der Waals surface area contributed by atoms with E-state index in [1.165, 1.54) is 15.5 Å². The highest BCUT2D eigenvalue weighted by Crippen LogP contribution is 2.35. The Morgan fingerprint density at radius 2 is 1.65 bits per heavy atom. The van der Waals surface area contributed by atoms with Gasteiger partial charge in [-0.05, 0) is 18.2 Å². The summed E-state index contributed by atoms with van der Waals surface area (Å²) in [7, 11) is 0. The van der Waals surface area contributed by atoms with Crippen LogP contribution in [0, 0.1) is 0 Å².